The number of carboxylic acids is 1. The third kappa shape index (κ3) is 2.17. The number of hydrogen-bond acceptors (Lipinski definition) is 2. The van der Waals surface area contributed by atoms with Gasteiger partial charge in [0.1, 0.15) is 0 Å². The Bertz CT molecular complexity index is 234. The van der Waals surface area contributed by atoms with Gasteiger partial charge in [0.15, 0.2) is 0 Å². The van der Waals surface area contributed by atoms with E-state index in [2.05, 4.69) is 11.8 Å². The van der Waals surface area contributed by atoms with Crippen LogP contribution in [0.25, 0.3) is 0 Å². The van der Waals surface area contributed by atoms with E-state index in [1.807, 2.05) is 0 Å². The van der Waals surface area contributed by atoms with E-state index < -0.39 is 5.97 Å². The van der Waals surface area contributed by atoms with Crippen LogP contribution >= 0.6 is 0 Å². The summed E-state index contributed by atoms with van der Waals surface area (Å²) in [5.74, 6) is 0.205. The van der Waals surface area contributed by atoms with Gasteiger partial charge in [0.25, 0.3) is 0 Å². The van der Waals surface area contributed by atoms with Crippen LogP contribution in [0, 0.1) is 11.8 Å². The number of hydrogen-bond donors (Lipinski definition) is 1. The molecule has 2 aliphatic rings. The molecular formula is C12H21NO2. The number of aliphatic carboxylic acids is 1. The van der Waals surface area contributed by atoms with E-state index in [9.17, 15) is 4.79 Å². The lowest BCUT2D eigenvalue weighted by molar-refractivity contribution is -0.149. The Kier molecular flexibility index (Phi) is 3.29. The van der Waals surface area contributed by atoms with Crippen LogP contribution in [0.5, 0.6) is 0 Å². The highest BCUT2D eigenvalue weighted by molar-refractivity contribution is 5.72. The third-order valence-electron chi connectivity index (χ3n) is 4.25. The summed E-state index contributed by atoms with van der Waals surface area (Å²) >= 11 is 0. The Balaban J connectivity index is 1.83. The molecule has 1 N–H and O–H groups in total. The summed E-state index contributed by atoms with van der Waals surface area (Å²) < 4.78 is 0. The molecule has 0 bridgehead atoms. The van der Waals surface area contributed by atoms with Crippen LogP contribution in [0.4, 0.5) is 0 Å². The molecule has 1 aliphatic carbocycles. The van der Waals surface area contributed by atoms with Gasteiger partial charge in [-0.1, -0.05) is 13.3 Å². The molecule has 0 amide bonds. The summed E-state index contributed by atoms with van der Waals surface area (Å²) in [7, 11) is 0. The van der Waals surface area contributed by atoms with Crippen molar-refractivity contribution in [2.45, 2.75) is 45.1 Å². The maximum atomic E-state index is 10.9. The van der Waals surface area contributed by atoms with Crippen LogP contribution in [0.2, 0.25) is 0 Å². The SMILES string of the molecule is CCC1CCN(C2CCC2C(=O)O)CC1. The zero-order valence-corrected chi connectivity index (χ0v) is 9.48. The fourth-order valence-electron chi connectivity index (χ4n) is 2.90. The molecule has 2 atom stereocenters. The van der Waals surface area contributed by atoms with Crippen molar-refractivity contribution in [3.05, 3.63) is 0 Å². The predicted octanol–water partition coefficient (Wildman–Crippen LogP) is 1.97. The zero-order chi connectivity index (χ0) is 10.8. The molecule has 1 saturated carbocycles. The monoisotopic (exact) mass is 211 g/mol. The molecule has 1 aliphatic heterocycles. The standard InChI is InChI=1S/C12H21NO2/c1-2-9-5-7-13(8-6-9)11-4-3-10(11)12(14)15/h9-11H,2-8H2,1H3,(H,14,15). The molecule has 0 aromatic rings. The van der Waals surface area contributed by atoms with Gasteiger partial charge in [-0.05, 0) is 44.7 Å². The molecule has 0 spiro atoms. The quantitative estimate of drug-likeness (QED) is 0.776. The second kappa shape index (κ2) is 4.52. The van der Waals surface area contributed by atoms with Crippen LogP contribution in [0.15, 0.2) is 0 Å². The van der Waals surface area contributed by atoms with Crippen molar-refractivity contribution in [1.29, 1.82) is 0 Å². The molecule has 2 rings (SSSR count). The van der Waals surface area contributed by atoms with Gasteiger partial charge in [-0.15, -0.1) is 0 Å². The first-order valence-electron chi connectivity index (χ1n) is 6.19. The highest BCUT2D eigenvalue weighted by atomic mass is 16.4. The van der Waals surface area contributed by atoms with Gasteiger partial charge in [0.2, 0.25) is 0 Å². The van der Waals surface area contributed by atoms with E-state index in [1.54, 1.807) is 0 Å². The first kappa shape index (κ1) is 10.9. The Morgan fingerprint density at radius 3 is 2.33 bits per heavy atom. The molecule has 2 fully saturated rings. The van der Waals surface area contributed by atoms with Crippen molar-refractivity contribution in [2.75, 3.05) is 13.1 Å². The number of rotatable bonds is 3. The predicted molar refractivity (Wildman–Crippen MR) is 58.7 cm³/mol. The van der Waals surface area contributed by atoms with Crippen molar-refractivity contribution in [3.8, 4) is 0 Å². The van der Waals surface area contributed by atoms with E-state index >= 15 is 0 Å². The molecule has 1 heterocycles. The van der Waals surface area contributed by atoms with E-state index in [-0.39, 0.29) is 5.92 Å². The largest absolute Gasteiger partial charge is 0.481 e. The Morgan fingerprint density at radius 1 is 1.27 bits per heavy atom. The summed E-state index contributed by atoms with van der Waals surface area (Å²) in [6, 6.07) is 0.348. The Labute approximate surface area is 91.5 Å². The fraction of sp³-hybridized carbons (Fsp3) is 0.917. The molecule has 0 aromatic heterocycles. The minimum atomic E-state index is -0.594. The number of likely N-dealkylation sites (tertiary alicyclic amines) is 1. The van der Waals surface area contributed by atoms with Gasteiger partial charge in [-0.25, -0.2) is 0 Å². The molecule has 2 unspecified atom stereocenters. The molecule has 3 nitrogen and oxygen atoms in total. The molecule has 0 aromatic carbocycles. The van der Waals surface area contributed by atoms with Crippen molar-refractivity contribution in [3.63, 3.8) is 0 Å². The maximum Gasteiger partial charge on any atom is 0.308 e. The van der Waals surface area contributed by atoms with Gasteiger partial charge in [-0.3, -0.25) is 9.69 Å². The van der Waals surface area contributed by atoms with Gasteiger partial charge < -0.3 is 5.11 Å². The number of carbonyl (C=O) groups is 1. The lowest BCUT2D eigenvalue weighted by Crippen LogP contribution is -2.52. The lowest BCUT2D eigenvalue weighted by Gasteiger charge is -2.45. The number of nitrogens with zero attached hydrogens (tertiary/aromatic N) is 1. The Morgan fingerprint density at radius 2 is 1.93 bits per heavy atom. The smallest absolute Gasteiger partial charge is 0.308 e. The zero-order valence-electron chi connectivity index (χ0n) is 9.48. The van der Waals surface area contributed by atoms with Crippen LogP contribution < -0.4 is 0 Å². The molecular weight excluding hydrogens is 190 g/mol. The summed E-state index contributed by atoms with van der Waals surface area (Å²) in [4.78, 5) is 13.3. The van der Waals surface area contributed by atoms with Crippen molar-refractivity contribution in [1.82, 2.24) is 4.90 Å². The average molecular weight is 211 g/mol. The second-order valence-corrected chi connectivity index (χ2v) is 4.98. The van der Waals surface area contributed by atoms with Crippen molar-refractivity contribution >= 4 is 5.97 Å². The van der Waals surface area contributed by atoms with Gasteiger partial charge in [0.05, 0.1) is 5.92 Å². The number of piperidine rings is 1. The van der Waals surface area contributed by atoms with Gasteiger partial charge in [-0.2, -0.15) is 0 Å². The third-order valence-corrected chi connectivity index (χ3v) is 4.25. The minimum absolute atomic E-state index is 0.0804. The van der Waals surface area contributed by atoms with Crippen LogP contribution in [0.1, 0.15) is 39.0 Å². The number of carboxylic acid groups (broad SMARTS) is 1. The molecule has 0 radical (unpaired) electrons. The average Bonchev–Trinajstić information content (AvgIpc) is 2.16. The molecule has 15 heavy (non-hydrogen) atoms. The maximum absolute atomic E-state index is 10.9. The van der Waals surface area contributed by atoms with Crippen LogP contribution in [0.3, 0.4) is 0 Å². The van der Waals surface area contributed by atoms with Gasteiger partial charge >= 0.3 is 5.97 Å². The molecule has 1 saturated heterocycles. The van der Waals surface area contributed by atoms with Crippen molar-refractivity contribution in [2.24, 2.45) is 11.8 Å². The highest BCUT2D eigenvalue weighted by Crippen LogP contribution is 2.35. The van der Waals surface area contributed by atoms with Crippen LogP contribution in [-0.4, -0.2) is 35.1 Å². The van der Waals surface area contributed by atoms with Crippen molar-refractivity contribution < 1.29 is 9.90 Å². The second-order valence-electron chi connectivity index (χ2n) is 4.98. The fourth-order valence-corrected chi connectivity index (χ4v) is 2.90. The summed E-state index contributed by atoms with van der Waals surface area (Å²) in [5, 5.41) is 9.01. The van der Waals surface area contributed by atoms with E-state index in [0.717, 1.165) is 31.8 Å². The molecule has 3 heteroatoms. The Hall–Kier alpha value is -0.570. The summed E-state index contributed by atoms with van der Waals surface area (Å²) in [5.41, 5.74) is 0. The first-order chi connectivity index (χ1) is 7.22. The van der Waals surface area contributed by atoms with E-state index in [4.69, 9.17) is 5.11 Å². The lowest BCUT2D eigenvalue weighted by atomic mass is 9.77. The summed E-state index contributed by atoms with van der Waals surface area (Å²) in [6.07, 6.45) is 5.78. The highest BCUT2D eigenvalue weighted by Gasteiger charge is 2.40. The van der Waals surface area contributed by atoms with Gasteiger partial charge in [0, 0.05) is 6.04 Å². The summed E-state index contributed by atoms with van der Waals surface area (Å²) in [6.45, 7) is 4.49. The normalized spacial score (nSPS) is 33.7. The van der Waals surface area contributed by atoms with E-state index in [0.29, 0.717) is 6.04 Å². The molecule has 86 valence electrons. The van der Waals surface area contributed by atoms with Crippen LogP contribution in [-0.2, 0) is 4.79 Å². The van der Waals surface area contributed by atoms with E-state index in [1.165, 1.54) is 19.3 Å². The first-order valence-corrected chi connectivity index (χ1v) is 6.19. The topological polar surface area (TPSA) is 40.5 Å². The minimum Gasteiger partial charge on any atom is -0.481 e.